The highest BCUT2D eigenvalue weighted by Crippen LogP contribution is 2.31. The summed E-state index contributed by atoms with van der Waals surface area (Å²) in [5.74, 6) is 0. The molecule has 0 spiro atoms. The Kier molecular flexibility index (Phi) is 8.79. The Balaban J connectivity index is 2.22. The lowest BCUT2D eigenvalue weighted by atomic mass is 9.85. The predicted octanol–water partition coefficient (Wildman–Crippen LogP) is 5.06. The number of hydrogen-bond donors (Lipinski definition) is 1. The maximum Gasteiger partial charge on any atom is 0.0692 e. The molecule has 2 atom stereocenters. The zero-order valence-corrected chi connectivity index (χ0v) is 14.3. The van der Waals surface area contributed by atoms with Crippen LogP contribution in [0, 0.1) is 0 Å². The maximum absolute atomic E-state index is 6.06. The summed E-state index contributed by atoms with van der Waals surface area (Å²) >= 11 is 0. The van der Waals surface area contributed by atoms with Gasteiger partial charge in [-0.3, -0.25) is 0 Å². The van der Waals surface area contributed by atoms with Crippen molar-refractivity contribution < 1.29 is 4.74 Å². The van der Waals surface area contributed by atoms with E-state index in [0.717, 1.165) is 19.4 Å². The molecule has 20 heavy (non-hydrogen) atoms. The predicted molar refractivity (Wildman–Crippen MR) is 88.3 cm³/mol. The molecule has 0 saturated carbocycles. The van der Waals surface area contributed by atoms with Gasteiger partial charge < -0.3 is 10.1 Å². The van der Waals surface area contributed by atoms with Crippen molar-refractivity contribution in [2.75, 3.05) is 6.61 Å². The van der Waals surface area contributed by atoms with Gasteiger partial charge in [0, 0.05) is 18.7 Å². The number of rotatable bonds is 10. The van der Waals surface area contributed by atoms with E-state index < -0.39 is 0 Å². The highest BCUT2D eigenvalue weighted by Gasteiger charge is 2.34. The van der Waals surface area contributed by atoms with Gasteiger partial charge in [-0.2, -0.15) is 0 Å². The van der Waals surface area contributed by atoms with Crippen LogP contribution in [0.15, 0.2) is 0 Å². The Hall–Kier alpha value is -0.0800. The van der Waals surface area contributed by atoms with E-state index in [2.05, 4.69) is 33.0 Å². The van der Waals surface area contributed by atoms with Crippen LogP contribution in [-0.2, 0) is 4.74 Å². The van der Waals surface area contributed by atoms with Crippen LogP contribution in [0.25, 0.3) is 0 Å². The fourth-order valence-corrected chi connectivity index (χ4v) is 3.45. The summed E-state index contributed by atoms with van der Waals surface area (Å²) < 4.78 is 6.06. The van der Waals surface area contributed by atoms with E-state index in [1.807, 2.05) is 0 Å². The lowest BCUT2D eigenvalue weighted by Crippen LogP contribution is -2.48. The molecule has 0 radical (unpaired) electrons. The van der Waals surface area contributed by atoms with Crippen molar-refractivity contribution in [1.29, 1.82) is 0 Å². The van der Waals surface area contributed by atoms with Crippen LogP contribution >= 0.6 is 0 Å². The lowest BCUT2D eigenvalue weighted by molar-refractivity contribution is -0.0939. The molecule has 0 aliphatic carbocycles. The van der Waals surface area contributed by atoms with E-state index in [9.17, 15) is 0 Å². The monoisotopic (exact) mass is 283 g/mol. The summed E-state index contributed by atoms with van der Waals surface area (Å²) in [7, 11) is 0. The fourth-order valence-electron chi connectivity index (χ4n) is 3.45. The first-order valence-corrected chi connectivity index (χ1v) is 9.05. The smallest absolute Gasteiger partial charge is 0.0692 e. The van der Waals surface area contributed by atoms with Gasteiger partial charge in [-0.25, -0.2) is 0 Å². The summed E-state index contributed by atoms with van der Waals surface area (Å²) in [6.45, 7) is 10.1. The molecular weight excluding hydrogens is 246 g/mol. The first-order chi connectivity index (χ1) is 9.65. The Morgan fingerprint density at radius 2 is 1.80 bits per heavy atom. The molecule has 0 aromatic carbocycles. The second-order valence-corrected chi connectivity index (χ2v) is 6.70. The molecule has 1 heterocycles. The van der Waals surface area contributed by atoms with Crippen molar-refractivity contribution in [3.8, 4) is 0 Å². The van der Waals surface area contributed by atoms with E-state index in [0.29, 0.717) is 12.1 Å². The lowest BCUT2D eigenvalue weighted by Gasteiger charge is -2.41. The quantitative estimate of drug-likeness (QED) is 0.566. The van der Waals surface area contributed by atoms with Gasteiger partial charge >= 0.3 is 0 Å². The van der Waals surface area contributed by atoms with Gasteiger partial charge in [-0.15, -0.1) is 0 Å². The Bertz CT molecular complexity index is 238. The van der Waals surface area contributed by atoms with Gasteiger partial charge in [-0.1, -0.05) is 52.9 Å². The molecule has 0 amide bonds. The van der Waals surface area contributed by atoms with Gasteiger partial charge in [0.25, 0.3) is 0 Å². The second-order valence-electron chi connectivity index (χ2n) is 6.70. The number of unbranched alkanes of at least 4 members (excludes halogenated alkanes) is 4. The number of hydrogen-bond acceptors (Lipinski definition) is 2. The SMILES string of the molecule is CCCCCCCC(C)NC1CCOC(CC)(CC)C1. The highest BCUT2D eigenvalue weighted by molar-refractivity contribution is 4.89. The molecule has 2 heteroatoms. The summed E-state index contributed by atoms with van der Waals surface area (Å²) in [6, 6.07) is 1.32. The van der Waals surface area contributed by atoms with Crippen LogP contribution in [0.5, 0.6) is 0 Å². The topological polar surface area (TPSA) is 21.3 Å². The van der Waals surface area contributed by atoms with Crippen LogP contribution in [0.2, 0.25) is 0 Å². The van der Waals surface area contributed by atoms with E-state index in [1.165, 1.54) is 51.4 Å². The van der Waals surface area contributed by atoms with Crippen molar-refractivity contribution in [2.45, 2.75) is 110 Å². The molecule has 1 fully saturated rings. The molecule has 1 aliphatic heterocycles. The third kappa shape index (κ3) is 6.13. The standard InChI is InChI=1S/C18H37NO/c1-5-8-9-10-11-12-16(4)19-17-13-14-20-18(6-2,7-3)15-17/h16-17,19H,5-15H2,1-4H3. The molecular formula is C18H37NO. The largest absolute Gasteiger partial charge is 0.375 e. The first-order valence-electron chi connectivity index (χ1n) is 9.05. The minimum atomic E-state index is 0.150. The van der Waals surface area contributed by atoms with Gasteiger partial charge in [0.2, 0.25) is 0 Å². The fraction of sp³-hybridized carbons (Fsp3) is 1.00. The minimum Gasteiger partial charge on any atom is -0.375 e. The molecule has 0 bridgehead atoms. The summed E-state index contributed by atoms with van der Waals surface area (Å²) in [4.78, 5) is 0. The Morgan fingerprint density at radius 3 is 2.45 bits per heavy atom. The number of nitrogens with one attached hydrogen (secondary N) is 1. The Morgan fingerprint density at radius 1 is 1.10 bits per heavy atom. The van der Waals surface area contributed by atoms with Gasteiger partial charge in [-0.05, 0) is 39.0 Å². The molecule has 0 aromatic rings. The molecule has 2 nitrogen and oxygen atoms in total. The molecule has 2 unspecified atom stereocenters. The normalized spacial score (nSPS) is 23.7. The van der Waals surface area contributed by atoms with Gasteiger partial charge in [0.05, 0.1) is 5.60 Å². The van der Waals surface area contributed by atoms with Crippen molar-refractivity contribution in [2.24, 2.45) is 0 Å². The highest BCUT2D eigenvalue weighted by atomic mass is 16.5. The van der Waals surface area contributed by atoms with Crippen molar-refractivity contribution in [1.82, 2.24) is 5.32 Å². The van der Waals surface area contributed by atoms with Gasteiger partial charge in [0.15, 0.2) is 0 Å². The minimum absolute atomic E-state index is 0.150. The van der Waals surface area contributed by atoms with Crippen molar-refractivity contribution in [3.05, 3.63) is 0 Å². The molecule has 1 aliphatic rings. The average Bonchev–Trinajstić information content (AvgIpc) is 2.47. The molecule has 1 saturated heterocycles. The van der Waals surface area contributed by atoms with Crippen LogP contribution in [-0.4, -0.2) is 24.3 Å². The molecule has 120 valence electrons. The van der Waals surface area contributed by atoms with E-state index in [4.69, 9.17) is 4.74 Å². The van der Waals surface area contributed by atoms with E-state index in [1.54, 1.807) is 0 Å². The summed E-state index contributed by atoms with van der Waals surface area (Å²) in [5, 5.41) is 3.85. The van der Waals surface area contributed by atoms with Crippen LogP contribution in [0.3, 0.4) is 0 Å². The third-order valence-corrected chi connectivity index (χ3v) is 5.04. The zero-order chi connectivity index (χ0) is 14.8. The maximum atomic E-state index is 6.06. The van der Waals surface area contributed by atoms with Crippen molar-refractivity contribution >= 4 is 0 Å². The van der Waals surface area contributed by atoms with Crippen LogP contribution in [0.4, 0.5) is 0 Å². The summed E-state index contributed by atoms with van der Waals surface area (Å²) in [5.41, 5.74) is 0.150. The second kappa shape index (κ2) is 9.78. The number of ether oxygens (including phenoxy) is 1. The van der Waals surface area contributed by atoms with E-state index in [-0.39, 0.29) is 5.60 Å². The van der Waals surface area contributed by atoms with Crippen molar-refractivity contribution in [3.63, 3.8) is 0 Å². The van der Waals surface area contributed by atoms with Crippen LogP contribution in [0.1, 0.15) is 91.9 Å². The van der Waals surface area contributed by atoms with E-state index >= 15 is 0 Å². The summed E-state index contributed by atoms with van der Waals surface area (Å²) in [6.07, 6.45) is 12.9. The van der Waals surface area contributed by atoms with Crippen LogP contribution < -0.4 is 5.32 Å². The zero-order valence-electron chi connectivity index (χ0n) is 14.3. The van der Waals surface area contributed by atoms with Gasteiger partial charge in [0.1, 0.15) is 0 Å². The molecule has 1 rings (SSSR count). The molecule has 1 N–H and O–H groups in total. The molecule has 0 aromatic heterocycles. The third-order valence-electron chi connectivity index (χ3n) is 5.04. The first kappa shape index (κ1) is 18.0. The average molecular weight is 284 g/mol. The Labute approximate surface area is 127 Å².